The highest BCUT2D eigenvalue weighted by atomic mass is 16.2. The fourth-order valence-electron chi connectivity index (χ4n) is 4.36. The first kappa shape index (κ1) is 20.8. The average molecular weight is 406 g/mol. The van der Waals surface area contributed by atoms with Gasteiger partial charge in [0.25, 0.3) is 11.7 Å². The predicted molar refractivity (Wildman–Crippen MR) is 120 cm³/mol. The minimum Gasteiger partial charge on any atom is -0.303 e. The summed E-state index contributed by atoms with van der Waals surface area (Å²) in [6.45, 7) is 8.56. The lowest BCUT2D eigenvalue weighted by atomic mass is 10.0. The summed E-state index contributed by atoms with van der Waals surface area (Å²) in [4.78, 5) is 31.6. The number of benzene rings is 2. The maximum absolute atomic E-state index is 12.6. The van der Waals surface area contributed by atoms with E-state index < -0.39 is 0 Å². The maximum atomic E-state index is 12.6. The summed E-state index contributed by atoms with van der Waals surface area (Å²) in [6, 6.07) is 16.5. The summed E-state index contributed by atoms with van der Waals surface area (Å²) in [5.74, 6) is -0.726. The van der Waals surface area contributed by atoms with Gasteiger partial charge in [0.1, 0.15) is 0 Å². The van der Waals surface area contributed by atoms with E-state index in [1.807, 2.05) is 12.1 Å². The van der Waals surface area contributed by atoms with Crippen molar-refractivity contribution in [2.24, 2.45) is 0 Å². The summed E-state index contributed by atoms with van der Waals surface area (Å²) in [5.41, 5.74) is 3.87. The zero-order valence-electron chi connectivity index (χ0n) is 17.8. The Bertz CT molecular complexity index is 889. The summed E-state index contributed by atoms with van der Waals surface area (Å²) in [5, 5.41) is 0. The van der Waals surface area contributed by atoms with E-state index >= 15 is 0 Å². The highest BCUT2D eigenvalue weighted by Crippen LogP contribution is 2.30. The molecule has 0 aliphatic carbocycles. The Hall–Kier alpha value is -2.50. The van der Waals surface area contributed by atoms with Crippen molar-refractivity contribution in [2.45, 2.75) is 32.7 Å². The molecule has 0 aromatic heterocycles. The Balaban J connectivity index is 1.30. The van der Waals surface area contributed by atoms with Crippen LogP contribution in [0.25, 0.3) is 0 Å². The van der Waals surface area contributed by atoms with Crippen LogP contribution in [0.2, 0.25) is 0 Å². The molecule has 0 unspecified atom stereocenters. The van der Waals surface area contributed by atoms with E-state index in [1.165, 1.54) is 5.56 Å². The molecule has 2 aromatic carbocycles. The first-order valence-electron chi connectivity index (χ1n) is 11.1. The molecule has 1 saturated heterocycles. The van der Waals surface area contributed by atoms with Crippen LogP contribution in [-0.2, 0) is 17.8 Å². The lowest BCUT2D eigenvalue weighted by Gasteiger charge is -2.35. The zero-order chi connectivity index (χ0) is 20.9. The number of piperazine rings is 1. The number of hydrogen-bond donors (Lipinski definition) is 0. The molecule has 2 aliphatic rings. The van der Waals surface area contributed by atoms with Crippen LogP contribution in [0.3, 0.4) is 0 Å². The molecule has 1 fully saturated rings. The molecule has 5 heteroatoms. The quantitative estimate of drug-likeness (QED) is 0.632. The van der Waals surface area contributed by atoms with Crippen molar-refractivity contribution < 1.29 is 9.59 Å². The van der Waals surface area contributed by atoms with Gasteiger partial charge in [0.05, 0.1) is 11.3 Å². The fourth-order valence-corrected chi connectivity index (χ4v) is 4.36. The molecule has 0 spiro atoms. The fraction of sp³-hybridized carbons (Fsp3) is 0.440. The van der Waals surface area contributed by atoms with Crippen LogP contribution in [0.15, 0.2) is 48.5 Å². The minimum absolute atomic E-state index is 0.351. The second-order valence-electron chi connectivity index (χ2n) is 8.34. The molecule has 0 saturated carbocycles. The molecule has 5 nitrogen and oxygen atoms in total. The van der Waals surface area contributed by atoms with Crippen molar-refractivity contribution in [2.75, 3.05) is 44.2 Å². The second kappa shape index (κ2) is 9.54. The maximum Gasteiger partial charge on any atom is 0.299 e. The van der Waals surface area contributed by atoms with Gasteiger partial charge in [-0.3, -0.25) is 19.4 Å². The SMILES string of the molecule is CCCCc1ccc2c(c1)C(=O)C(=O)N2CCN1CCN(Cc2ccccc2)CC1. The van der Waals surface area contributed by atoms with E-state index in [2.05, 4.69) is 53.1 Å². The number of Topliss-reactive ketones (excluding diaryl/α,β-unsaturated/α-hetero) is 1. The van der Waals surface area contributed by atoms with Crippen LogP contribution in [-0.4, -0.2) is 60.8 Å². The Morgan fingerprint density at radius 2 is 1.57 bits per heavy atom. The monoisotopic (exact) mass is 405 g/mol. The third-order valence-electron chi connectivity index (χ3n) is 6.21. The number of nitrogens with zero attached hydrogens (tertiary/aromatic N) is 3. The van der Waals surface area contributed by atoms with Gasteiger partial charge in [-0.15, -0.1) is 0 Å². The number of unbranched alkanes of at least 4 members (excludes halogenated alkanes) is 1. The normalized spacial score (nSPS) is 17.6. The molecule has 2 aromatic rings. The topological polar surface area (TPSA) is 43.9 Å². The van der Waals surface area contributed by atoms with Crippen LogP contribution in [0.5, 0.6) is 0 Å². The van der Waals surface area contributed by atoms with Crippen molar-refractivity contribution >= 4 is 17.4 Å². The Kier molecular flexibility index (Phi) is 6.60. The number of rotatable bonds is 8. The Morgan fingerprint density at radius 1 is 0.833 bits per heavy atom. The first-order valence-corrected chi connectivity index (χ1v) is 11.1. The van der Waals surface area contributed by atoms with E-state index in [9.17, 15) is 9.59 Å². The van der Waals surface area contributed by atoms with Crippen molar-refractivity contribution in [1.82, 2.24) is 9.80 Å². The molecule has 30 heavy (non-hydrogen) atoms. The number of anilines is 1. The van der Waals surface area contributed by atoms with Crippen LogP contribution in [0.4, 0.5) is 5.69 Å². The molecule has 1 amide bonds. The standard InChI is InChI=1S/C25H31N3O2/c1-2-3-7-20-10-11-23-22(18-20)24(29)25(30)28(23)17-16-26-12-14-27(15-13-26)19-21-8-5-4-6-9-21/h4-6,8-11,18H,2-3,7,12-17,19H2,1H3. The van der Waals surface area contributed by atoms with Gasteiger partial charge in [0.2, 0.25) is 0 Å². The smallest absolute Gasteiger partial charge is 0.299 e. The second-order valence-corrected chi connectivity index (χ2v) is 8.34. The van der Waals surface area contributed by atoms with Crippen molar-refractivity contribution in [3.63, 3.8) is 0 Å². The lowest BCUT2D eigenvalue weighted by molar-refractivity contribution is -0.114. The number of hydrogen-bond acceptors (Lipinski definition) is 4. The summed E-state index contributed by atoms with van der Waals surface area (Å²) in [7, 11) is 0. The number of carbonyl (C=O) groups is 2. The van der Waals surface area contributed by atoms with Crippen LogP contribution in [0, 0.1) is 0 Å². The molecule has 4 rings (SSSR count). The van der Waals surface area contributed by atoms with E-state index in [1.54, 1.807) is 4.90 Å². The number of ketones is 1. The van der Waals surface area contributed by atoms with Crippen molar-refractivity contribution in [1.29, 1.82) is 0 Å². The summed E-state index contributed by atoms with van der Waals surface area (Å²) in [6.07, 6.45) is 3.17. The van der Waals surface area contributed by atoms with Gasteiger partial charge in [-0.05, 0) is 36.1 Å². The van der Waals surface area contributed by atoms with Gasteiger partial charge >= 0.3 is 0 Å². The van der Waals surface area contributed by atoms with Gasteiger partial charge < -0.3 is 4.90 Å². The molecule has 0 radical (unpaired) electrons. The van der Waals surface area contributed by atoms with E-state index in [4.69, 9.17) is 0 Å². The van der Waals surface area contributed by atoms with Crippen molar-refractivity contribution in [3.8, 4) is 0 Å². The van der Waals surface area contributed by atoms with E-state index in [0.29, 0.717) is 12.1 Å². The summed E-state index contributed by atoms with van der Waals surface area (Å²) < 4.78 is 0. The van der Waals surface area contributed by atoms with Crippen LogP contribution < -0.4 is 4.90 Å². The van der Waals surface area contributed by atoms with Gasteiger partial charge in [-0.25, -0.2) is 0 Å². The molecular formula is C25H31N3O2. The lowest BCUT2D eigenvalue weighted by Crippen LogP contribution is -2.48. The molecule has 2 aliphatic heterocycles. The third-order valence-corrected chi connectivity index (χ3v) is 6.21. The zero-order valence-corrected chi connectivity index (χ0v) is 17.8. The Morgan fingerprint density at radius 3 is 2.30 bits per heavy atom. The highest BCUT2D eigenvalue weighted by molar-refractivity contribution is 6.52. The molecule has 0 N–H and O–H groups in total. The number of fused-ring (bicyclic) bond motifs is 1. The van der Waals surface area contributed by atoms with Gasteiger partial charge in [-0.1, -0.05) is 49.7 Å². The number of aryl methyl sites for hydroxylation is 1. The van der Waals surface area contributed by atoms with E-state index in [0.717, 1.165) is 69.8 Å². The molecule has 0 bridgehead atoms. The van der Waals surface area contributed by atoms with E-state index in [-0.39, 0.29) is 11.7 Å². The number of carbonyl (C=O) groups excluding carboxylic acids is 2. The minimum atomic E-state index is -0.375. The van der Waals surface area contributed by atoms with Gasteiger partial charge in [0.15, 0.2) is 0 Å². The largest absolute Gasteiger partial charge is 0.303 e. The summed E-state index contributed by atoms with van der Waals surface area (Å²) >= 11 is 0. The highest BCUT2D eigenvalue weighted by Gasteiger charge is 2.36. The number of amides is 1. The van der Waals surface area contributed by atoms with Crippen LogP contribution >= 0.6 is 0 Å². The molecule has 0 atom stereocenters. The molecular weight excluding hydrogens is 374 g/mol. The third kappa shape index (κ3) is 4.63. The predicted octanol–water partition coefficient (Wildman–Crippen LogP) is 3.38. The Labute approximate surface area is 179 Å². The van der Waals surface area contributed by atoms with Crippen LogP contribution in [0.1, 0.15) is 41.3 Å². The van der Waals surface area contributed by atoms with Gasteiger partial charge in [-0.2, -0.15) is 0 Å². The van der Waals surface area contributed by atoms with Gasteiger partial charge in [0, 0.05) is 45.8 Å². The first-order chi connectivity index (χ1) is 14.7. The van der Waals surface area contributed by atoms with Crippen molar-refractivity contribution in [3.05, 3.63) is 65.2 Å². The molecule has 158 valence electrons. The average Bonchev–Trinajstić information content (AvgIpc) is 3.02. The molecule has 2 heterocycles.